The first kappa shape index (κ1) is 24.9. The second kappa shape index (κ2) is 9.83. The van der Waals surface area contributed by atoms with E-state index in [0.29, 0.717) is 18.8 Å². The number of carbonyl (C=O) groups is 1. The normalized spacial score (nSPS) is 23.7. The molecule has 2 aromatic carbocycles. The van der Waals surface area contributed by atoms with Crippen LogP contribution in [-0.4, -0.2) is 53.8 Å². The molecule has 2 aromatic rings. The monoisotopic (exact) mass is 500 g/mol. The van der Waals surface area contributed by atoms with Gasteiger partial charge in [0.2, 0.25) is 0 Å². The summed E-state index contributed by atoms with van der Waals surface area (Å²) in [6.45, 7) is 2.64. The van der Waals surface area contributed by atoms with E-state index in [0.717, 1.165) is 29.0 Å². The SMILES string of the molecule is CCSN[C@@H]1[C@H](Cc2cccc(-c3ccc(F)c(C)c3F)c2F)N(C(=O)C2CCO2)CC1(F)F. The number of carbonyl (C=O) groups excluding carboxylic acids is 1. The summed E-state index contributed by atoms with van der Waals surface area (Å²) in [7, 11) is 0. The number of nitrogens with zero attached hydrogens (tertiary/aromatic N) is 1. The number of ether oxygens (including phenoxy) is 1. The number of halogens is 5. The van der Waals surface area contributed by atoms with E-state index in [2.05, 4.69) is 4.72 Å². The molecule has 10 heteroatoms. The quantitative estimate of drug-likeness (QED) is 0.435. The predicted octanol–water partition coefficient (Wildman–Crippen LogP) is 4.88. The lowest BCUT2D eigenvalue weighted by Crippen LogP contribution is -2.51. The first-order valence-electron chi connectivity index (χ1n) is 11.0. The second-order valence-electron chi connectivity index (χ2n) is 8.49. The first-order valence-corrected chi connectivity index (χ1v) is 12.0. The topological polar surface area (TPSA) is 41.6 Å². The maximum Gasteiger partial charge on any atom is 0.283 e. The van der Waals surface area contributed by atoms with Crippen LogP contribution in [0.2, 0.25) is 0 Å². The molecule has 0 spiro atoms. The van der Waals surface area contributed by atoms with Crippen LogP contribution in [0.5, 0.6) is 0 Å². The molecule has 3 atom stereocenters. The standard InChI is InChI=1S/C24H25F5N2O2S/c1-3-34-30-22-18(31(12-24(22,28)29)23(32)19-9-10-33-19)11-14-5-4-6-15(21(14)27)16-7-8-17(25)13(2)20(16)26/h4-8,18-19,22,30H,3,9-12H2,1-2H3/t18-,19?,22+/m0/s1. The number of amides is 1. The smallest absolute Gasteiger partial charge is 0.283 e. The highest BCUT2D eigenvalue weighted by Crippen LogP contribution is 2.38. The van der Waals surface area contributed by atoms with E-state index < -0.39 is 54.0 Å². The van der Waals surface area contributed by atoms with Crippen molar-refractivity contribution in [3.05, 3.63) is 58.9 Å². The molecule has 1 N–H and O–H groups in total. The molecule has 0 radical (unpaired) electrons. The number of rotatable bonds is 7. The van der Waals surface area contributed by atoms with Crippen molar-refractivity contribution in [3.63, 3.8) is 0 Å². The molecule has 4 nitrogen and oxygen atoms in total. The molecule has 2 fully saturated rings. The number of hydrogen-bond donors (Lipinski definition) is 1. The molecule has 4 rings (SSSR count). The van der Waals surface area contributed by atoms with E-state index >= 15 is 4.39 Å². The van der Waals surface area contributed by atoms with Crippen LogP contribution in [0.4, 0.5) is 22.0 Å². The Morgan fingerprint density at radius 1 is 1.18 bits per heavy atom. The summed E-state index contributed by atoms with van der Waals surface area (Å²) in [6, 6.07) is 4.02. The molecule has 0 bridgehead atoms. The lowest BCUT2D eigenvalue weighted by Gasteiger charge is -2.34. The van der Waals surface area contributed by atoms with E-state index in [1.54, 1.807) is 6.92 Å². The van der Waals surface area contributed by atoms with Gasteiger partial charge in [-0.3, -0.25) is 9.52 Å². The third-order valence-corrected chi connectivity index (χ3v) is 7.06. The summed E-state index contributed by atoms with van der Waals surface area (Å²) in [4.78, 5) is 14.0. The number of nitrogens with one attached hydrogen (secondary N) is 1. The Bertz CT molecular complexity index is 1080. The van der Waals surface area contributed by atoms with Gasteiger partial charge in [0.1, 0.15) is 29.6 Å². The van der Waals surface area contributed by atoms with Crippen molar-refractivity contribution in [2.24, 2.45) is 0 Å². The Morgan fingerprint density at radius 2 is 1.88 bits per heavy atom. The molecule has 2 aliphatic heterocycles. The van der Waals surface area contributed by atoms with E-state index in [4.69, 9.17) is 4.74 Å². The average molecular weight is 501 g/mol. The number of hydrogen-bond acceptors (Lipinski definition) is 4. The minimum atomic E-state index is -3.24. The fourth-order valence-electron chi connectivity index (χ4n) is 4.37. The van der Waals surface area contributed by atoms with Gasteiger partial charge in [-0.1, -0.05) is 37.1 Å². The predicted molar refractivity (Wildman–Crippen MR) is 120 cm³/mol. The summed E-state index contributed by atoms with van der Waals surface area (Å²) in [5.74, 6) is -5.69. The maximum atomic E-state index is 15.6. The van der Waals surface area contributed by atoms with Gasteiger partial charge >= 0.3 is 0 Å². The van der Waals surface area contributed by atoms with Crippen molar-refractivity contribution in [2.45, 2.75) is 50.8 Å². The summed E-state index contributed by atoms with van der Waals surface area (Å²) < 4.78 is 81.8. The maximum absolute atomic E-state index is 15.6. The zero-order valence-electron chi connectivity index (χ0n) is 18.7. The van der Waals surface area contributed by atoms with E-state index in [1.807, 2.05) is 0 Å². The highest BCUT2D eigenvalue weighted by atomic mass is 32.2. The third kappa shape index (κ3) is 4.55. The Hall–Kier alpha value is -2.17. The van der Waals surface area contributed by atoms with Gasteiger partial charge in [-0.2, -0.15) is 0 Å². The molecule has 1 amide bonds. The second-order valence-corrected chi connectivity index (χ2v) is 9.59. The van der Waals surface area contributed by atoms with Crippen LogP contribution in [-0.2, 0) is 16.0 Å². The molecule has 0 saturated carbocycles. The largest absolute Gasteiger partial charge is 0.368 e. The molecule has 0 aliphatic carbocycles. The third-order valence-electron chi connectivity index (χ3n) is 6.35. The zero-order valence-corrected chi connectivity index (χ0v) is 19.5. The van der Waals surface area contributed by atoms with Crippen LogP contribution in [0.1, 0.15) is 24.5 Å². The van der Waals surface area contributed by atoms with Gasteiger partial charge in [-0.05, 0) is 31.0 Å². The summed E-state index contributed by atoms with van der Waals surface area (Å²) in [6.07, 6.45) is -0.539. The van der Waals surface area contributed by atoms with E-state index in [-0.39, 0.29) is 28.7 Å². The van der Waals surface area contributed by atoms with E-state index in [9.17, 15) is 22.4 Å². The lowest BCUT2D eigenvalue weighted by atomic mass is 9.94. The van der Waals surface area contributed by atoms with Gasteiger partial charge in [0, 0.05) is 28.9 Å². The van der Waals surface area contributed by atoms with Crippen molar-refractivity contribution in [2.75, 3.05) is 18.9 Å². The molecule has 2 aliphatic rings. The molecular formula is C24H25F5N2O2S. The average Bonchev–Trinajstić information content (AvgIpc) is 3.01. The number of alkyl halides is 2. The zero-order chi connectivity index (χ0) is 24.6. The van der Waals surface area contributed by atoms with Gasteiger partial charge in [-0.25, -0.2) is 22.0 Å². The highest BCUT2D eigenvalue weighted by molar-refractivity contribution is 7.97. The molecule has 184 valence electrons. The molecule has 2 saturated heterocycles. The van der Waals surface area contributed by atoms with Crippen molar-refractivity contribution < 1.29 is 31.5 Å². The Kier molecular flexibility index (Phi) is 7.21. The molecular weight excluding hydrogens is 475 g/mol. The summed E-state index contributed by atoms with van der Waals surface area (Å²) in [5.41, 5.74) is -0.407. The lowest BCUT2D eigenvalue weighted by molar-refractivity contribution is -0.158. The Labute approximate surface area is 199 Å². The van der Waals surface area contributed by atoms with Crippen LogP contribution in [0.25, 0.3) is 11.1 Å². The van der Waals surface area contributed by atoms with Crippen molar-refractivity contribution in [3.8, 4) is 11.1 Å². The fraction of sp³-hybridized carbons (Fsp3) is 0.458. The van der Waals surface area contributed by atoms with Crippen LogP contribution in [0.3, 0.4) is 0 Å². The van der Waals surface area contributed by atoms with Crippen LogP contribution in [0.15, 0.2) is 30.3 Å². The summed E-state index contributed by atoms with van der Waals surface area (Å²) >= 11 is 1.09. The highest BCUT2D eigenvalue weighted by Gasteiger charge is 2.57. The molecule has 2 heterocycles. The summed E-state index contributed by atoms with van der Waals surface area (Å²) in [5, 5.41) is 0. The number of benzene rings is 2. The molecule has 34 heavy (non-hydrogen) atoms. The number of likely N-dealkylation sites (tertiary alicyclic amines) is 1. The fourth-order valence-corrected chi connectivity index (χ4v) is 5.04. The van der Waals surface area contributed by atoms with Crippen molar-refractivity contribution in [1.82, 2.24) is 9.62 Å². The van der Waals surface area contributed by atoms with Crippen LogP contribution < -0.4 is 4.72 Å². The van der Waals surface area contributed by atoms with Gasteiger partial charge < -0.3 is 9.64 Å². The van der Waals surface area contributed by atoms with Gasteiger partial charge in [0.05, 0.1) is 19.2 Å². The molecule has 0 aromatic heterocycles. The first-order chi connectivity index (χ1) is 16.2. The van der Waals surface area contributed by atoms with Gasteiger partial charge in [-0.15, -0.1) is 0 Å². The minimum absolute atomic E-state index is 0.0576. The van der Waals surface area contributed by atoms with E-state index in [1.165, 1.54) is 25.1 Å². The van der Waals surface area contributed by atoms with Crippen LogP contribution in [0, 0.1) is 24.4 Å². The minimum Gasteiger partial charge on any atom is -0.368 e. The van der Waals surface area contributed by atoms with Gasteiger partial charge in [0.15, 0.2) is 0 Å². The Morgan fingerprint density at radius 3 is 2.53 bits per heavy atom. The van der Waals surface area contributed by atoms with Crippen LogP contribution >= 0.6 is 11.9 Å². The molecule has 1 unspecified atom stereocenters. The van der Waals surface area contributed by atoms with Crippen molar-refractivity contribution in [1.29, 1.82) is 0 Å². The van der Waals surface area contributed by atoms with Gasteiger partial charge in [0.25, 0.3) is 11.8 Å². The van der Waals surface area contributed by atoms with Crippen molar-refractivity contribution >= 4 is 17.9 Å². The Balaban J connectivity index is 1.70.